The van der Waals surface area contributed by atoms with E-state index in [9.17, 15) is 14.4 Å². The van der Waals surface area contributed by atoms with E-state index in [-0.39, 0.29) is 31.1 Å². The van der Waals surface area contributed by atoms with E-state index < -0.39 is 6.10 Å². The molecule has 0 aromatic carbocycles. The van der Waals surface area contributed by atoms with E-state index in [0.717, 1.165) is 109 Å². The van der Waals surface area contributed by atoms with Gasteiger partial charge in [-0.2, -0.15) is 0 Å². The monoisotopic (exact) mass is 1140 g/mol. The minimum Gasteiger partial charge on any atom is -0.462 e. The highest BCUT2D eigenvalue weighted by Gasteiger charge is 2.19. The van der Waals surface area contributed by atoms with E-state index in [1.54, 1.807) is 0 Å². The summed E-state index contributed by atoms with van der Waals surface area (Å²) in [4.78, 5) is 38.3. The van der Waals surface area contributed by atoms with Crippen LogP contribution in [-0.2, 0) is 28.6 Å². The van der Waals surface area contributed by atoms with Crippen molar-refractivity contribution in [3.8, 4) is 0 Å². The minimum atomic E-state index is -0.779. The van der Waals surface area contributed by atoms with E-state index in [2.05, 4.69) is 106 Å². The summed E-state index contributed by atoms with van der Waals surface area (Å²) in [6, 6.07) is 0. The van der Waals surface area contributed by atoms with Gasteiger partial charge in [0.15, 0.2) is 6.10 Å². The molecular formula is C76H134O6. The first-order chi connectivity index (χ1) is 40.5. The topological polar surface area (TPSA) is 78.9 Å². The Morgan fingerprint density at radius 1 is 0.256 bits per heavy atom. The van der Waals surface area contributed by atoms with Crippen LogP contribution >= 0.6 is 0 Å². The van der Waals surface area contributed by atoms with Gasteiger partial charge in [0.05, 0.1) is 0 Å². The van der Waals surface area contributed by atoms with Gasteiger partial charge in [-0.1, -0.05) is 350 Å². The van der Waals surface area contributed by atoms with E-state index in [4.69, 9.17) is 14.2 Å². The molecule has 0 amide bonds. The SMILES string of the molecule is CC/C=C\C/C=C\C/C=C\C/C=C\C/C=C\C/C=C\C/C=C\CCCCCCCCCC(=O)OCC(COC(=O)CCCCCCCCCCC)OC(=O)CCCCCCCCCCCCCCCCCCCCCCCCCCCC. The maximum Gasteiger partial charge on any atom is 0.306 e. The molecule has 0 heterocycles. The van der Waals surface area contributed by atoms with Gasteiger partial charge in [-0.25, -0.2) is 0 Å². The smallest absolute Gasteiger partial charge is 0.306 e. The number of hydrogen-bond acceptors (Lipinski definition) is 6. The minimum absolute atomic E-state index is 0.0753. The summed E-state index contributed by atoms with van der Waals surface area (Å²) in [5, 5.41) is 0. The number of unbranched alkanes of at least 4 members (excludes halogenated alkanes) is 40. The number of ether oxygens (including phenoxy) is 3. The number of allylic oxidation sites excluding steroid dienone is 14. The number of carbonyl (C=O) groups excluding carboxylic acids is 3. The largest absolute Gasteiger partial charge is 0.462 e. The third-order valence-electron chi connectivity index (χ3n) is 15.7. The zero-order valence-corrected chi connectivity index (χ0v) is 54.5. The molecule has 0 rings (SSSR count). The van der Waals surface area contributed by atoms with Crippen molar-refractivity contribution in [3.05, 3.63) is 85.1 Å². The lowest BCUT2D eigenvalue weighted by atomic mass is 10.0. The van der Waals surface area contributed by atoms with Gasteiger partial charge in [-0.3, -0.25) is 14.4 Å². The van der Waals surface area contributed by atoms with Crippen molar-refractivity contribution >= 4 is 17.9 Å². The summed E-state index contributed by atoms with van der Waals surface area (Å²) < 4.78 is 16.9. The van der Waals surface area contributed by atoms with Gasteiger partial charge in [-0.05, 0) is 77.0 Å². The van der Waals surface area contributed by atoms with Gasteiger partial charge >= 0.3 is 17.9 Å². The fourth-order valence-corrected chi connectivity index (χ4v) is 10.4. The fraction of sp³-hybridized carbons (Fsp3) is 0.776. The summed E-state index contributed by atoms with van der Waals surface area (Å²) in [7, 11) is 0. The molecule has 0 aliphatic rings. The molecule has 0 aromatic rings. The number of rotatable bonds is 65. The average molecular weight is 1140 g/mol. The molecule has 0 saturated heterocycles. The van der Waals surface area contributed by atoms with Gasteiger partial charge < -0.3 is 14.2 Å². The first-order valence-corrected chi connectivity index (χ1v) is 35.6. The second kappa shape index (κ2) is 70.1. The molecule has 6 heteroatoms. The van der Waals surface area contributed by atoms with Crippen molar-refractivity contribution < 1.29 is 28.6 Å². The first-order valence-electron chi connectivity index (χ1n) is 35.6. The van der Waals surface area contributed by atoms with E-state index >= 15 is 0 Å². The van der Waals surface area contributed by atoms with Crippen LogP contribution in [0, 0.1) is 0 Å². The molecule has 1 atom stereocenters. The van der Waals surface area contributed by atoms with Crippen LogP contribution in [-0.4, -0.2) is 37.2 Å². The van der Waals surface area contributed by atoms with Crippen molar-refractivity contribution in [1.29, 1.82) is 0 Å². The molecular weight excluding hydrogens is 1010 g/mol. The molecule has 0 aliphatic carbocycles. The second-order valence-corrected chi connectivity index (χ2v) is 23.8. The quantitative estimate of drug-likeness (QED) is 0.0261. The average Bonchev–Trinajstić information content (AvgIpc) is 3.48. The molecule has 0 fully saturated rings. The Labute approximate surface area is 509 Å². The van der Waals surface area contributed by atoms with Crippen LogP contribution < -0.4 is 0 Å². The van der Waals surface area contributed by atoms with Crippen molar-refractivity contribution in [2.45, 2.75) is 367 Å². The molecule has 82 heavy (non-hydrogen) atoms. The summed E-state index contributed by atoms with van der Waals surface area (Å²) >= 11 is 0. The van der Waals surface area contributed by atoms with Crippen LogP contribution in [0.15, 0.2) is 85.1 Å². The molecule has 0 spiro atoms. The summed E-state index contributed by atoms with van der Waals surface area (Å²) in [6.07, 6.45) is 93.4. The zero-order chi connectivity index (χ0) is 59.2. The molecule has 0 saturated carbocycles. The maximum atomic E-state index is 12.9. The Morgan fingerprint density at radius 3 is 0.744 bits per heavy atom. The Morgan fingerprint density at radius 2 is 0.476 bits per heavy atom. The van der Waals surface area contributed by atoms with E-state index in [1.165, 1.54) is 212 Å². The molecule has 474 valence electrons. The summed E-state index contributed by atoms with van der Waals surface area (Å²) in [5.41, 5.74) is 0. The highest BCUT2D eigenvalue weighted by Crippen LogP contribution is 2.18. The van der Waals surface area contributed by atoms with Gasteiger partial charge in [-0.15, -0.1) is 0 Å². The second-order valence-electron chi connectivity index (χ2n) is 23.8. The van der Waals surface area contributed by atoms with Crippen LogP contribution in [0.4, 0.5) is 0 Å². The maximum absolute atomic E-state index is 12.9. The van der Waals surface area contributed by atoms with Gasteiger partial charge in [0, 0.05) is 19.3 Å². The van der Waals surface area contributed by atoms with Crippen LogP contribution in [0.5, 0.6) is 0 Å². The van der Waals surface area contributed by atoms with E-state index in [0.29, 0.717) is 19.3 Å². The third-order valence-corrected chi connectivity index (χ3v) is 15.7. The lowest BCUT2D eigenvalue weighted by Crippen LogP contribution is -2.30. The van der Waals surface area contributed by atoms with Crippen molar-refractivity contribution in [2.24, 2.45) is 0 Å². The van der Waals surface area contributed by atoms with Crippen molar-refractivity contribution in [2.75, 3.05) is 13.2 Å². The summed E-state index contributed by atoms with van der Waals surface area (Å²) in [5.74, 6) is -0.871. The lowest BCUT2D eigenvalue weighted by Gasteiger charge is -2.18. The standard InChI is InChI=1S/C76H134O6/c1-4-7-10-13-16-19-21-23-25-27-29-31-33-35-37-38-39-41-42-44-46-48-50-52-54-57-60-63-66-69-75(78)81-72-73(71-80-74(77)68-65-62-59-56-18-15-12-9-6-3)82-76(79)70-67-64-61-58-55-53-51-49-47-45-43-40-36-34-32-30-28-26-24-22-20-17-14-11-8-5-2/h7,10,16,19,23,25,29,31,35,37,39,41,44,46,73H,4-6,8-9,11-15,17-18,20-22,24,26-28,30,32-34,36,38,40,42-43,45,47-72H2,1-3H3/b10-7-,19-16-,25-23-,31-29-,37-35-,41-39-,46-44-. The number of carbonyl (C=O) groups is 3. The van der Waals surface area contributed by atoms with Crippen molar-refractivity contribution in [3.63, 3.8) is 0 Å². The molecule has 0 radical (unpaired) electrons. The van der Waals surface area contributed by atoms with Gasteiger partial charge in [0.1, 0.15) is 13.2 Å². The molecule has 0 aliphatic heterocycles. The van der Waals surface area contributed by atoms with Crippen LogP contribution in [0.2, 0.25) is 0 Å². The van der Waals surface area contributed by atoms with Crippen LogP contribution in [0.3, 0.4) is 0 Å². The predicted molar refractivity (Wildman–Crippen MR) is 358 cm³/mol. The third kappa shape index (κ3) is 67.4. The van der Waals surface area contributed by atoms with Crippen LogP contribution in [0.25, 0.3) is 0 Å². The van der Waals surface area contributed by atoms with Gasteiger partial charge in [0.25, 0.3) is 0 Å². The predicted octanol–water partition coefficient (Wildman–Crippen LogP) is 24.6. The Balaban J connectivity index is 4.17. The number of hydrogen-bond donors (Lipinski definition) is 0. The zero-order valence-electron chi connectivity index (χ0n) is 54.5. The van der Waals surface area contributed by atoms with E-state index in [1.807, 2.05) is 0 Å². The Bertz CT molecular complexity index is 1550. The lowest BCUT2D eigenvalue weighted by molar-refractivity contribution is -0.167. The Kier molecular flexibility index (Phi) is 67.2. The molecule has 1 unspecified atom stereocenters. The first kappa shape index (κ1) is 78.6. The highest BCUT2D eigenvalue weighted by atomic mass is 16.6. The highest BCUT2D eigenvalue weighted by molar-refractivity contribution is 5.71. The van der Waals surface area contributed by atoms with Crippen molar-refractivity contribution in [1.82, 2.24) is 0 Å². The van der Waals surface area contributed by atoms with Crippen LogP contribution in [0.1, 0.15) is 361 Å². The molecule has 0 N–H and O–H groups in total. The fourth-order valence-electron chi connectivity index (χ4n) is 10.4. The molecule has 0 bridgehead atoms. The van der Waals surface area contributed by atoms with Gasteiger partial charge in [0.2, 0.25) is 0 Å². The molecule has 6 nitrogen and oxygen atoms in total. The Hall–Kier alpha value is -3.41. The normalized spacial score (nSPS) is 12.6. The number of esters is 3. The molecule has 0 aromatic heterocycles. The summed E-state index contributed by atoms with van der Waals surface area (Å²) in [6.45, 7) is 6.55.